The smallest absolute Gasteiger partial charge is 0.248 e. The Morgan fingerprint density at radius 1 is 1.12 bits per heavy atom. The van der Waals surface area contributed by atoms with Gasteiger partial charge in [0, 0.05) is 27.3 Å². The van der Waals surface area contributed by atoms with Crippen LogP contribution < -0.4 is 16.4 Å². The normalized spacial score (nSPS) is 11.8. The topological polar surface area (TPSA) is 84.2 Å². The van der Waals surface area contributed by atoms with Gasteiger partial charge in [-0.2, -0.15) is 0 Å². The minimum Gasteiger partial charge on any atom is -0.366 e. The van der Waals surface area contributed by atoms with Crippen molar-refractivity contribution in [2.75, 3.05) is 11.9 Å². The van der Waals surface area contributed by atoms with Gasteiger partial charge in [-0.05, 0) is 48.9 Å². The molecule has 2 amide bonds. The Labute approximate surface area is 150 Å². The maximum atomic E-state index is 12.0. The summed E-state index contributed by atoms with van der Waals surface area (Å²) >= 11 is 12.0. The average molecular weight is 366 g/mol. The molecular weight excluding hydrogens is 349 g/mol. The molecule has 0 saturated carbocycles. The highest BCUT2D eigenvalue weighted by Crippen LogP contribution is 2.25. The zero-order valence-electron chi connectivity index (χ0n) is 13.0. The van der Waals surface area contributed by atoms with Gasteiger partial charge in [0.25, 0.3) is 0 Å². The molecule has 0 aromatic heterocycles. The van der Waals surface area contributed by atoms with Gasteiger partial charge in [-0.15, -0.1) is 0 Å². The van der Waals surface area contributed by atoms with Crippen LogP contribution in [0.4, 0.5) is 5.69 Å². The van der Waals surface area contributed by atoms with Gasteiger partial charge in [0.05, 0.1) is 6.54 Å². The van der Waals surface area contributed by atoms with Crippen LogP contribution in [0.2, 0.25) is 10.0 Å². The molecule has 0 aliphatic rings. The lowest BCUT2D eigenvalue weighted by atomic mass is 10.1. The van der Waals surface area contributed by atoms with E-state index in [0.29, 0.717) is 21.3 Å². The molecule has 1 atom stereocenters. The fourth-order valence-electron chi connectivity index (χ4n) is 2.13. The summed E-state index contributed by atoms with van der Waals surface area (Å²) in [6.45, 7) is 2.02. The molecule has 0 spiro atoms. The average Bonchev–Trinajstić information content (AvgIpc) is 2.53. The third-order valence-electron chi connectivity index (χ3n) is 3.45. The van der Waals surface area contributed by atoms with Crippen LogP contribution in [0.1, 0.15) is 28.9 Å². The molecule has 24 heavy (non-hydrogen) atoms. The Morgan fingerprint density at radius 3 is 2.38 bits per heavy atom. The minimum absolute atomic E-state index is 0.109. The lowest BCUT2D eigenvalue weighted by Crippen LogP contribution is -2.30. The number of hydrogen-bond donors (Lipinski definition) is 3. The zero-order chi connectivity index (χ0) is 17.7. The summed E-state index contributed by atoms with van der Waals surface area (Å²) in [6, 6.07) is 11.5. The van der Waals surface area contributed by atoms with Crippen molar-refractivity contribution in [3.05, 3.63) is 63.6 Å². The van der Waals surface area contributed by atoms with Crippen LogP contribution in [0.25, 0.3) is 0 Å². The molecule has 0 heterocycles. The predicted octanol–water partition coefficient (Wildman–Crippen LogP) is 3.38. The third kappa shape index (κ3) is 4.96. The second-order valence-electron chi connectivity index (χ2n) is 5.26. The molecule has 0 fully saturated rings. The first kappa shape index (κ1) is 18.3. The van der Waals surface area contributed by atoms with Crippen molar-refractivity contribution in [3.63, 3.8) is 0 Å². The van der Waals surface area contributed by atoms with Crippen molar-refractivity contribution < 1.29 is 9.59 Å². The maximum absolute atomic E-state index is 12.0. The van der Waals surface area contributed by atoms with Crippen LogP contribution in [-0.2, 0) is 4.79 Å². The van der Waals surface area contributed by atoms with E-state index in [2.05, 4.69) is 10.6 Å². The zero-order valence-corrected chi connectivity index (χ0v) is 14.5. The molecule has 0 aliphatic heterocycles. The van der Waals surface area contributed by atoms with Gasteiger partial charge in [0.2, 0.25) is 11.8 Å². The van der Waals surface area contributed by atoms with Crippen molar-refractivity contribution in [3.8, 4) is 0 Å². The van der Waals surface area contributed by atoms with Gasteiger partial charge in [-0.3, -0.25) is 9.59 Å². The van der Waals surface area contributed by atoms with Crippen molar-refractivity contribution in [1.82, 2.24) is 5.32 Å². The SMILES string of the molecule is C[C@@H](NCC(=O)Nc1ccc(C(N)=O)cc1)c1ccc(Cl)cc1Cl. The van der Waals surface area contributed by atoms with E-state index in [0.717, 1.165) is 5.56 Å². The molecule has 2 aromatic carbocycles. The van der Waals surface area contributed by atoms with Crippen LogP contribution >= 0.6 is 23.2 Å². The number of carbonyl (C=O) groups is 2. The van der Waals surface area contributed by atoms with Crippen molar-refractivity contribution in [2.45, 2.75) is 13.0 Å². The molecule has 126 valence electrons. The molecule has 0 bridgehead atoms. The Hall–Kier alpha value is -2.08. The second-order valence-corrected chi connectivity index (χ2v) is 6.10. The lowest BCUT2D eigenvalue weighted by molar-refractivity contribution is -0.115. The summed E-state index contributed by atoms with van der Waals surface area (Å²) in [5, 5.41) is 6.94. The highest BCUT2D eigenvalue weighted by atomic mass is 35.5. The molecule has 2 rings (SSSR count). The third-order valence-corrected chi connectivity index (χ3v) is 4.01. The first-order valence-corrected chi connectivity index (χ1v) is 8.00. The number of anilines is 1. The fraction of sp³-hybridized carbons (Fsp3) is 0.176. The van der Waals surface area contributed by atoms with E-state index in [4.69, 9.17) is 28.9 Å². The van der Waals surface area contributed by atoms with Crippen LogP contribution in [0, 0.1) is 0 Å². The Kier molecular flexibility index (Phi) is 6.20. The fourth-order valence-corrected chi connectivity index (χ4v) is 2.70. The van der Waals surface area contributed by atoms with E-state index in [1.807, 2.05) is 13.0 Å². The standard InChI is InChI=1S/C17H17Cl2N3O2/c1-10(14-7-4-12(18)8-15(14)19)21-9-16(23)22-13-5-2-11(3-6-13)17(20)24/h2-8,10,21H,9H2,1H3,(H2,20,24)(H,22,23)/t10-/m1/s1. The van der Waals surface area contributed by atoms with Crippen LogP contribution in [-0.4, -0.2) is 18.4 Å². The summed E-state index contributed by atoms with van der Waals surface area (Å²) in [5.41, 5.74) is 7.00. The number of rotatable bonds is 6. The lowest BCUT2D eigenvalue weighted by Gasteiger charge is -2.16. The van der Waals surface area contributed by atoms with Crippen LogP contribution in [0.3, 0.4) is 0 Å². The summed E-state index contributed by atoms with van der Waals surface area (Å²) in [5.74, 6) is -0.720. The molecule has 5 nitrogen and oxygen atoms in total. The molecule has 0 aliphatic carbocycles. The monoisotopic (exact) mass is 365 g/mol. The van der Waals surface area contributed by atoms with Gasteiger partial charge in [0.1, 0.15) is 0 Å². The van der Waals surface area contributed by atoms with Gasteiger partial charge < -0.3 is 16.4 Å². The summed E-state index contributed by atoms with van der Waals surface area (Å²) < 4.78 is 0. The Bertz CT molecular complexity index is 748. The van der Waals surface area contributed by atoms with Crippen molar-refractivity contribution in [2.24, 2.45) is 5.73 Å². The molecular formula is C17H17Cl2N3O2. The van der Waals surface area contributed by atoms with E-state index in [1.165, 1.54) is 0 Å². The molecule has 4 N–H and O–H groups in total. The maximum Gasteiger partial charge on any atom is 0.248 e. The quantitative estimate of drug-likeness (QED) is 0.733. The Balaban J connectivity index is 1.89. The number of primary amides is 1. The molecule has 0 radical (unpaired) electrons. The van der Waals surface area contributed by atoms with Gasteiger partial charge in [-0.1, -0.05) is 29.3 Å². The van der Waals surface area contributed by atoms with Crippen LogP contribution in [0.15, 0.2) is 42.5 Å². The molecule has 2 aromatic rings. The largest absolute Gasteiger partial charge is 0.366 e. The number of nitrogens with two attached hydrogens (primary N) is 1. The predicted molar refractivity (Wildman–Crippen MR) is 96.5 cm³/mol. The molecule has 0 unspecified atom stereocenters. The second kappa shape index (κ2) is 8.15. The summed E-state index contributed by atoms with van der Waals surface area (Å²) in [4.78, 5) is 23.0. The number of nitrogens with one attached hydrogen (secondary N) is 2. The molecule has 0 saturated heterocycles. The van der Waals surface area contributed by atoms with E-state index in [1.54, 1.807) is 36.4 Å². The van der Waals surface area contributed by atoms with Crippen molar-refractivity contribution in [1.29, 1.82) is 0 Å². The van der Waals surface area contributed by atoms with Crippen molar-refractivity contribution >= 4 is 40.7 Å². The number of halogens is 2. The summed E-state index contributed by atoms with van der Waals surface area (Å²) in [6.07, 6.45) is 0. The number of hydrogen-bond acceptors (Lipinski definition) is 3. The number of amides is 2. The minimum atomic E-state index is -0.511. The molecule has 7 heteroatoms. The number of carbonyl (C=O) groups excluding carboxylic acids is 2. The van der Waals surface area contributed by atoms with Gasteiger partial charge >= 0.3 is 0 Å². The van der Waals surface area contributed by atoms with E-state index >= 15 is 0 Å². The highest BCUT2D eigenvalue weighted by molar-refractivity contribution is 6.35. The van der Waals surface area contributed by atoms with E-state index in [9.17, 15) is 9.59 Å². The van der Waals surface area contributed by atoms with Gasteiger partial charge in [-0.25, -0.2) is 0 Å². The number of benzene rings is 2. The highest BCUT2D eigenvalue weighted by Gasteiger charge is 2.11. The Morgan fingerprint density at radius 2 is 1.79 bits per heavy atom. The van der Waals surface area contributed by atoms with E-state index in [-0.39, 0.29) is 18.5 Å². The van der Waals surface area contributed by atoms with Crippen LogP contribution in [0.5, 0.6) is 0 Å². The summed E-state index contributed by atoms with van der Waals surface area (Å²) in [7, 11) is 0. The first-order chi connectivity index (χ1) is 11.4. The first-order valence-electron chi connectivity index (χ1n) is 7.25. The van der Waals surface area contributed by atoms with Gasteiger partial charge in [0.15, 0.2) is 0 Å². The van der Waals surface area contributed by atoms with E-state index < -0.39 is 5.91 Å².